The smallest absolute Gasteiger partial charge is 0.332 e. The summed E-state index contributed by atoms with van der Waals surface area (Å²) in [5.41, 5.74) is 0. The van der Waals surface area contributed by atoms with E-state index in [2.05, 4.69) is 0 Å². The highest BCUT2D eigenvalue weighted by Gasteiger charge is 2.23. The molecule has 1 atom stereocenters. The van der Waals surface area contributed by atoms with Crippen molar-refractivity contribution in [2.45, 2.75) is 25.6 Å². The molecule has 1 N–H and O–H groups in total. The van der Waals surface area contributed by atoms with Gasteiger partial charge in [0.2, 0.25) is 0 Å². The van der Waals surface area contributed by atoms with Crippen LogP contribution >= 0.6 is 0 Å². The predicted octanol–water partition coefficient (Wildman–Crippen LogP) is 3.18. The molecule has 0 saturated carbocycles. The molecule has 0 fully saturated rings. The Morgan fingerprint density at radius 1 is 0.871 bits per heavy atom. The molecular formula is C23H28O8. The summed E-state index contributed by atoms with van der Waals surface area (Å²) in [6.45, 7) is 3.45. The van der Waals surface area contributed by atoms with Crippen LogP contribution in [0.25, 0.3) is 0 Å². The molecule has 8 nitrogen and oxygen atoms in total. The quantitative estimate of drug-likeness (QED) is 0.788. The molecule has 1 heterocycles. The molecule has 0 aromatic heterocycles. The number of ether oxygens (including phenoxy) is 6. The van der Waals surface area contributed by atoms with Crippen LogP contribution in [0.5, 0.6) is 23.0 Å². The summed E-state index contributed by atoms with van der Waals surface area (Å²) >= 11 is 0. The highest BCUT2D eigenvalue weighted by atomic mass is 16.6. The SMILES string of the molecule is CCC(OC1COc2ccccc2OCCOCCOc2ccccc2OC1)C(=O)O. The largest absolute Gasteiger partial charge is 0.487 e. The Balaban J connectivity index is 1.78. The van der Waals surface area contributed by atoms with Crippen LogP contribution < -0.4 is 18.9 Å². The molecule has 0 saturated heterocycles. The average molecular weight is 432 g/mol. The Morgan fingerprint density at radius 2 is 1.32 bits per heavy atom. The van der Waals surface area contributed by atoms with Gasteiger partial charge in [0.1, 0.15) is 32.5 Å². The van der Waals surface area contributed by atoms with Gasteiger partial charge in [0.25, 0.3) is 0 Å². The third kappa shape index (κ3) is 7.04. The summed E-state index contributed by atoms with van der Waals surface area (Å²) in [6, 6.07) is 14.5. The van der Waals surface area contributed by atoms with Crippen molar-refractivity contribution in [3.8, 4) is 23.0 Å². The van der Waals surface area contributed by atoms with E-state index >= 15 is 0 Å². The molecule has 3 rings (SSSR count). The Labute approximate surface area is 181 Å². The zero-order valence-corrected chi connectivity index (χ0v) is 17.5. The van der Waals surface area contributed by atoms with Crippen molar-refractivity contribution in [1.82, 2.24) is 0 Å². The zero-order valence-electron chi connectivity index (χ0n) is 17.5. The van der Waals surface area contributed by atoms with Crippen LogP contribution in [0, 0.1) is 0 Å². The summed E-state index contributed by atoms with van der Waals surface area (Å²) in [5, 5.41) is 9.40. The summed E-state index contributed by atoms with van der Waals surface area (Å²) in [6.07, 6.45) is -1.26. The van der Waals surface area contributed by atoms with Crippen LogP contribution in [0.2, 0.25) is 0 Å². The number of carboxylic acid groups (broad SMARTS) is 1. The highest BCUT2D eigenvalue weighted by molar-refractivity contribution is 5.72. The topological polar surface area (TPSA) is 92.7 Å². The first-order valence-corrected chi connectivity index (χ1v) is 10.3. The van der Waals surface area contributed by atoms with E-state index in [1.165, 1.54) is 0 Å². The third-order valence-electron chi connectivity index (χ3n) is 4.52. The van der Waals surface area contributed by atoms with Gasteiger partial charge in [-0.3, -0.25) is 0 Å². The first-order valence-electron chi connectivity index (χ1n) is 10.3. The number of aliphatic carboxylic acids is 1. The third-order valence-corrected chi connectivity index (χ3v) is 4.52. The van der Waals surface area contributed by atoms with E-state index < -0.39 is 18.2 Å². The summed E-state index contributed by atoms with van der Waals surface area (Å²) < 4.78 is 34.7. The van der Waals surface area contributed by atoms with E-state index in [1.807, 2.05) is 24.3 Å². The number of carboxylic acids is 1. The van der Waals surface area contributed by atoms with Gasteiger partial charge in [-0.1, -0.05) is 31.2 Å². The van der Waals surface area contributed by atoms with Gasteiger partial charge < -0.3 is 33.5 Å². The number of hydrogen-bond donors (Lipinski definition) is 1. The van der Waals surface area contributed by atoms with Gasteiger partial charge in [0.15, 0.2) is 29.1 Å². The zero-order chi connectivity index (χ0) is 21.9. The molecule has 1 aliphatic rings. The van der Waals surface area contributed by atoms with Crippen LogP contribution in [0.1, 0.15) is 13.3 Å². The van der Waals surface area contributed by atoms with E-state index in [1.54, 1.807) is 31.2 Å². The van der Waals surface area contributed by atoms with Crippen LogP contribution in [-0.2, 0) is 14.3 Å². The second kappa shape index (κ2) is 12.0. The van der Waals surface area contributed by atoms with Gasteiger partial charge >= 0.3 is 5.97 Å². The van der Waals surface area contributed by atoms with Gasteiger partial charge in [0, 0.05) is 0 Å². The molecule has 8 heteroatoms. The van der Waals surface area contributed by atoms with Crippen molar-refractivity contribution < 1.29 is 38.3 Å². The minimum absolute atomic E-state index is 0.0870. The second-order valence-electron chi connectivity index (χ2n) is 6.82. The summed E-state index contributed by atoms with van der Waals surface area (Å²) in [7, 11) is 0. The fourth-order valence-electron chi connectivity index (χ4n) is 2.95. The van der Waals surface area contributed by atoms with Crippen molar-refractivity contribution in [3.63, 3.8) is 0 Å². The summed E-state index contributed by atoms with van der Waals surface area (Å²) in [4.78, 5) is 11.5. The molecule has 2 aromatic carbocycles. The van der Waals surface area contributed by atoms with Crippen molar-refractivity contribution >= 4 is 5.97 Å². The van der Waals surface area contributed by atoms with Gasteiger partial charge in [-0.25, -0.2) is 4.79 Å². The van der Waals surface area contributed by atoms with Crippen molar-refractivity contribution in [3.05, 3.63) is 48.5 Å². The van der Waals surface area contributed by atoms with Gasteiger partial charge in [-0.2, -0.15) is 0 Å². The number of benzene rings is 2. The normalized spacial score (nSPS) is 16.9. The number of carbonyl (C=O) groups is 1. The van der Waals surface area contributed by atoms with Crippen LogP contribution in [0.4, 0.5) is 0 Å². The van der Waals surface area contributed by atoms with Crippen molar-refractivity contribution in [1.29, 1.82) is 0 Å². The maximum atomic E-state index is 11.5. The van der Waals surface area contributed by atoms with E-state index in [0.29, 0.717) is 55.8 Å². The fraction of sp³-hybridized carbons (Fsp3) is 0.435. The van der Waals surface area contributed by atoms with E-state index in [9.17, 15) is 9.90 Å². The Bertz CT molecular complexity index is 769. The number of fused-ring (bicyclic) bond motifs is 2. The molecular weight excluding hydrogens is 404 g/mol. The van der Waals surface area contributed by atoms with E-state index in [-0.39, 0.29) is 13.2 Å². The molecule has 2 aromatic rings. The van der Waals surface area contributed by atoms with E-state index in [4.69, 9.17) is 28.4 Å². The molecule has 0 aliphatic carbocycles. The fourth-order valence-corrected chi connectivity index (χ4v) is 2.95. The van der Waals surface area contributed by atoms with Crippen molar-refractivity contribution in [2.75, 3.05) is 39.6 Å². The number of hydrogen-bond acceptors (Lipinski definition) is 7. The maximum absolute atomic E-state index is 11.5. The lowest BCUT2D eigenvalue weighted by Gasteiger charge is -2.23. The molecule has 31 heavy (non-hydrogen) atoms. The Kier molecular flexibility index (Phi) is 8.81. The minimum Gasteiger partial charge on any atom is -0.487 e. The minimum atomic E-state index is -1.03. The average Bonchev–Trinajstić information content (AvgIpc) is 2.78. The van der Waals surface area contributed by atoms with Gasteiger partial charge in [0.05, 0.1) is 13.2 Å². The first-order chi connectivity index (χ1) is 15.2. The second-order valence-corrected chi connectivity index (χ2v) is 6.82. The lowest BCUT2D eigenvalue weighted by molar-refractivity contribution is -0.157. The van der Waals surface area contributed by atoms with Gasteiger partial charge in [-0.05, 0) is 30.7 Å². The summed E-state index contributed by atoms with van der Waals surface area (Å²) in [5.74, 6) is 1.20. The van der Waals surface area contributed by atoms with Gasteiger partial charge in [-0.15, -0.1) is 0 Å². The lowest BCUT2D eigenvalue weighted by atomic mass is 10.2. The standard InChI is InChI=1S/C23H28O8/c1-2-18(23(24)25)31-17-15-29-21-9-5-3-7-19(21)27-13-11-26-12-14-28-20-8-4-6-10-22(20)30-16-17/h3-10,17-18H,2,11-16H2,1H3,(H,24,25). The molecule has 0 radical (unpaired) electrons. The Morgan fingerprint density at radius 3 is 1.74 bits per heavy atom. The Hall–Kier alpha value is -2.97. The molecule has 0 bridgehead atoms. The predicted molar refractivity (Wildman–Crippen MR) is 112 cm³/mol. The molecule has 0 amide bonds. The van der Waals surface area contributed by atoms with Crippen LogP contribution in [0.15, 0.2) is 48.5 Å². The maximum Gasteiger partial charge on any atom is 0.332 e. The highest BCUT2D eigenvalue weighted by Crippen LogP contribution is 2.28. The number of rotatable bonds is 4. The lowest BCUT2D eigenvalue weighted by Crippen LogP contribution is -2.36. The molecule has 1 aliphatic heterocycles. The first kappa shape index (κ1) is 22.7. The monoisotopic (exact) mass is 432 g/mol. The number of para-hydroxylation sites is 4. The van der Waals surface area contributed by atoms with E-state index in [0.717, 1.165) is 0 Å². The molecule has 0 spiro atoms. The van der Waals surface area contributed by atoms with Crippen LogP contribution in [-0.4, -0.2) is 62.9 Å². The van der Waals surface area contributed by atoms with Crippen LogP contribution in [0.3, 0.4) is 0 Å². The molecule has 1 unspecified atom stereocenters. The molecule has 168 valence electrons. The van der Waals surface area contributed by atoms with Crippen molar-refractivity contribution in [2.24, 2.45) is 0 Å².